The minimum atomic E-state index is -0.151. The fourth-order valence-corrected chi connectivity index (χ4v) is 3.89. The first-order valence-corrected chi connectivity index (χ1v) is 11.1. The Labute approximate surface area is 183 Å². The number of nitrogens with one attached hydrogen (secondary N) is 1. The second-order valence-electron chi connectivity index (χ2n) is 8.70. The van der Waals surface area contributed by atoms with Crippen LogP contribution in [0.4, 0.5) is 0 Å². The topological polar surface area (TPSA) is 60.3 Å². The molecule has 5 heteroatoms. The van der Waals surface area contributed by atoms with Gasteiger partial charge in [-0.25, -0.2) is 0 Å². The third-order valence-corrected chi connectivity index (χ3v) is 5.82. The van der Waals surface area contributed by atoms with Crippen LogP contribution in [0.2, 0.25) is 0 Å². The lowest BCUT2D eigenvalue weighted by molar-refractivity contribution is -0.123. The van der Waals surface area contributed by atoms with E-state index < -0.39 is 0 Å². The van der Waals surface area contributed by atoms with Gasteiger partial charge in [0.05, 0.1) is 5.52 Å². The van der Waals surface area contributed by atoms with Gasteiger partial charge < -0.3 is 14.6 Å². The summed E-state index contributed by atoms with van der Waals surface area (Å²) in [5.74, 6) is 1.30. The van der Waals surface area contributed by atoms with Gasteiger partial charge in [-0.05, 0) is 54.4 Å². The summed E-state index contributed by atoms with van der Waals surface area (Å²) in [6.45, 7) is 5.48. The SMILES string of the molecule is CC(C)c1cc(=O)n(CC2CC2)c2cc(OCC(=O)NCCc3ccccc3)ccc12. The summed E-state index contributed by atoms with van der Waals surface area (Å²) >= 11 is 0. The molecule has 3 aromatic rings. The smallest absolute Gasteiger partial charge is 0.257 e. The van der Waals surface area contributed by atoms with Gasteiger partial charge in [0.25, 0.3) is 11.5 Å². The summed E-state index contributed by atoms with van der Waals surface area (Å²) in [5.41, 5.74) is 3.18. The molecule has 1 aliphatic rings. The minimum Gasteiger partial charge on any atom is -0.484 e. The Balaban J connectivity index is 1.45. The van der Waals surface area contributed by atoms with E-state index in [4.69, 9.17) is 4.74 Å². The Morgan fingerprint density at radius 1 is 1.13 bits per heavy atom. The van der Waals surface area contributed by atoms with Gasteiger partial charge in [0.15, 0.2) is 6.61 Å². The summed E-state index contributed by atoms with van der Waals surface area (Å²) in [7, 11) is 0. The quantitative estimate of drug-likeness (QED) is 0.564. The van der Waals surface area contributed by atoms with E-state index in [9.17, 15) is 9.59 Å². The highest BCUT2D eigenvalue weighted by molar-refractivity contribution is 5.84. The molecule has 4 rings (SSSR count). The van der Waals surface area contributed by atoms with Crippen LogP contribution in [0.15, 0.2) is 59.4 Å². The Morgan fingerprint density at radius 3 is 2.61 bits per heavy atom. The number of fused-ring (bicyclic) bond motifs is 1. The van der Waals surface area contributed by atoms with Crippen molar-refractivity contribution in [1.82, 2.24) is 9.88 Å². The minimum absolute atomic E-state index is 0.0407. The van der Waals surface area contributed by atoms with Crippen molar-refractivity contribution in [2.75, 3.05) is 13.2 Å². The molecule has 5 nitrogen and oxygen atoms in total. The van der Waals surface area contributed by atoms with Crippen LogP contribution in [0.5, 0.6) is 5.75 Å². The van der Waals surface area contributed by atoms with Crippen molar-refractivity contribution in [3.63, 3.8) is 0 Å². The normalized spacial score (nSPS) is 13.5. The van der Waals surface area contributed by atoms with Crippen LogP contribution in [-0.2, 0) is 17.8 Å². The molecular formula is C26H30N2O3. The number of nitrogens with zero attached hydrogens (tertiary/aromatic N) is 1. The van der Waals surface area contributed by atoms with Crippen molar-refractivity contribution >= 4 is 16.8 Å². The molecule has 0 bridgehead atoms. The Morgan fingerprint density at radius 2 is 1.90 bits per heavy atom. The number of ether oxygens (including phenoxy) is 1. The molecule has 2 aromatic carbocycles. The Kier molecular flexibility index (Phi) is 6.40. The highest BCUT2D eigenvalue weighted by Crippen LogP contribution is 2.33. The number of rotatable bonds is 9. The maximum Gasteiger partial charge on any atom is 0.257 e. The number of benzene rings is 2. The predicted molar refractivity (Wildman–Crippen MR) is 124 cm³/mol. The molecule has 1 saturated carbocycles. The molecule has 0 radical (unpaired) electrons. The van der Waals surface area contributed by atoms with Gasteiger partial charge >= 0.3 is 0 Å². The molecule has 1 fully saturated rings. The van der Waals surface area contributed by atoms with Gasteiger partial charge in [0.2, 0.25) is 0 Å². The van der Waals surface area contributed by atoms with E-state index in [1.807, 2.05) is 53.1 Å². The van der Waals surface area contributed by atoms with Gasteiger partial charge in [-0.3, -0.25) is 9.59 Å². The number of amides is 1. The lowest BCUT2D eigenvalue weighted by Crippen LogP contribution is -2.30. The maximum atomic E-state index is 12.8. The van der Waals surface area contributed by atoms with Crippen molar-refractivity contribution in [2.45, 2.75) is 45.6 Å². The zero-order valence-electron chi connectivity index (χ0n) is 18.3. The molecule has 31 heavy (non-hydrogen) atoms. The Bertz CT molecular complexity index is 1110. The van der Waals surface area contributed by atoms with E-state index in [2.05, 4.69) is 19.2 Å². The average Bonchev–Trinajstić information content (AvgIpc) is 3.59. The molecule has 0 unspecified atom stereocenters. The predicted octanol–water partition coefficient (Wildman–Crippen LogP) is 4.27. The number of hydrogen-bond acceptors (Lipinski definition) is 3. The van der Waals surface area contributed by atoms with Gasteiger partial charge in [-0.1, -0.05) is 44.2 Å². The summed E-state index contributed by atoms with van der Waals surface area (Å²) in [6, 6.07) is 17.6. The van der Waals surface area contributed by atoms with Gasteiger partial charge in [0.1, 0.15) is 5.75 Å². The second kappa shape index (κ2) is 9.38. The molecule has 1 aliphatic carbocycles. The van der Waals surface area contributed by atoms with Gasteiger partial charge in [-0.2, -0.15) is 0 Å². The van der Waals surface area contributed by atoms with Crippen molar-refractivity contribution in [3.05, 3.63) is 76.1 Å². The van der Waals surface area contributed by atoms with Crippen molar-refractivity contribution in [2.24, 2.45) is 5.92 Å². The fourth-order valence-electron chi connectivity index (χ4n) is 3.89. The van der Waals surface area contributed by atoms with E-state index in [0.29, 0.717) is 18.2 Å². The summed E-state index contributed by atoms with van der Waals surface area (Å²) in [5, 5.41) is 3.98. The zero-order chi connectivity index (χ0) is 21.8. The average molecular weight is 419 g/mol. The first-order chi connectivity index (χ1) is 15.0. The van der Waals surface area contributed by atoms with E-state index in [1.54, 1.807) is 6.07 Å². The first-order valence-electron chi connectivity index (χ1n) is 11.1. The summed E-state index contributed by atoms with van der Waals surface area (Å²) in [6.07, 6.45) is 3.15. The standard InChI is InChI=1S/C26H30N2O3/c1-18(2)23-15-26(30)28(16-20-8-9-20)24-14-21(10-11-22(23)24)31-17-25(29)27-13-12-19-6-4-3-5-7-19/h3-7,10-11,14-15,18,20H,8-9,12-13,16-17H2,1-2H3,(H,27,29). The first kappa shape index (κ1) is 21.2. The maximum absolute atomic E-state index is 12.8. The van der Waals surface area contributed by atoms with Crippen LogP contribution >= 0.6 is 0 Å². The third-order valence-electron chi connectivity index (χ3n) is 5.82. The highest BCUT2D eigenvalue weighted by Gasteiger charge is 2.23. The zero-order valence-corrected chi connectivity index (χ0v) is 18.3. The van der Waals surface area contributed by atoms with Crippen LogP contribution < -0.4 is 15.6 Å². The molecule has 162 valence electrons. The molecule has 0 aliphatic heterocycles. The van der Waals surface area contributed by atoms with Crippen LogP contribution in [0.25, 0.3) is 10.9 Å². The largest absolute Gasteiger partial charge is 0.484 e. The number of carbonyl (C=O) groups excluding carboxylic acids is 1. The molecular weight excluding hydrogens is 388 g/mol. The highest BCUT2D eigenvalue weighted by atomic mass is 16.5. The van der Waals surface area contributed by atoms with Crippen molar-refractivity contribution < 1.29 is 9.53 Å². The monoisotopic (exact) mass is 418 g/mol. The molecule has 1 aromatic heterocycles. The van der Waals surface area contributed by atoms with Crippen molar-refractivity contribution in [3.8, 4) is 5.75 Å². The Hall–Kier alpha value is -3.08. The molecule has 0 atom stereocenters. The second-order valence-corrected chi connectivity index (χ2v) is 8.70. The lowest BCUT2D eigenvalue weighted by atomic mass is 9.98. The van der Waals surface area contributed by atoms with Crippen LogP contribution in [0.3, 0.4) is 0 Å². The number of hydrogen-bond donors (Lipinski definition) is 1. The van der Waals surface area contributed by atoms with Gasteiger partial charge in [0, 0.05) is 30.6 Å². The third kappa shape index (κ3) is 5.35. The molecule has 1 N–H and O–H groups in total. The van der Waals surface area contributed by atoms with E-state index in [1.165, 1.54) is 18.4 Å². The summed E-state index contributed by atoms with van der Waals surface area (Å²) in [4.78, 5) is 25.0. The molecule has 0 spiro atoms. The van der Waals surface area contributed by atoms with Crippen molar-refractivity contribution in [1.29, 1.82) is 0 Å². The lowest BCUT2D eigenvalue weighted by Gasteiger charge is -2.16. The summed E-state index contributed by atoms with van der Waals surface area (Å²) < 4.78 is 7.63. The number of aromatic nitrogens is 1. The number of carbonyl (C=O) groups is 1. The van der Waals surface area contributed by atoms with E-state index in [-0.39, 0.29) is 24.0 Å². The molecule has 1 heterocycles. The molecule has 0 saturated heterocycles. The fraction of sp³-hybridized carbons (Fsp3) is 0.385. The van der Waals surface area contributed by atoms with Gasteiger partial charge in [-0.15, -0.1) is 0 Å². The number of pyridine rings is 1. The van der Waals surface area contributed by atoms with Crippen LogP contribution in [0, 0.1) is 5.92 Å². The van der Waals surface area contributed by atoms with Crippen LogP contribution in [0.1, 0.15) is 43.7 Å². The van der Waals surface area contributed by atoms with E-state index >= 15 is 0 Å². The molecule has 1 amide bonds. The van der Waals surface area contributed by atoms with Crippen LogP contribution in [-0.4, -0.2) is 23.6 Å². The van der Waals surface area contributed by atoms with E-state index in [0.717, 1.165) is 29.4 Å².